The average molecular weight is 588 g/mol. The SMILES string of the molecule is CCO[C@@H]1CC(NCc2ccc(C3=CN=CC(C)(OC)C3)cc2)C[C@H](Nc2ncnc3sc(CC(F)(F)F)cc23)C1. The number of aromatic nitrogens is 2. The highest BCUT2D eigenvalue weighted by Crippen LogP contribution is 2.34. The number of hydrogen-bond acceptors (Lipinski definition) is 8. The molecule has 4 atom stereocenters. The summed E-state index contributed by atoms with van der Waals surface area (Å²) in [5.74, 6) is 0.571. The molecule has 0 saturated heterocycles. The number of aliphatic imine (C=N–C) groups is 1. The first-order chi connectivity index (χ1) is 19.6. The maximum absolute atomic E-state index is 13.0. The number of rotatable bonds is 10. The smallest absolute Gasteiger partial charge is 0.378 e. The fourth-order valence-corrected chi connectivity index (χ4v) is 6.60. The van der Waals surface area contributed by atoms with Gasteiger partial charge in [-0.2, -0.15) is 13.2 Å². The fourth-order valence-electron chi connectivity index (χ4n) is 5.58. The highest BCUT2D eigenvalue weighted by atomic mass is 32.1. The Morgan fingerprint density at radius 2 is 1.88 bits per heavy atom. The van der Waals surface area contributed by atoms with Crippen molar-refractivity contribution in [3.05, 3.63) is 58.9 Å². The largest absolute Gasteiger partial charge is 0.393 e. The molecule has 1 fully saturated rings. The Balaban J connectivity index is 1.23. The summed E-state index contributed by atoms with van der Waals surface area (Å²) < 4.78 is 50.5. The molecule has 0 radical (unpaired) electrons. The van der Waals surface area contributed by atoms with Crippen LogP contribution in [0.4, 0.5) is 19.0 Å². The van der Waals surface area contributed by atoms with Crippen LogP contribution in [-0.2, 0) is 22.4 Å². The summed E-state index contributed by atoms with van der Waals surface area (Å²) in [4.78, 5) is 13.7. The predicted molar refractivity (Wildman–Crippen MR) is 157 cm³/mol. The second kappa shape index (κ2) is 12.6. The van der Waals surface area contributed by atoms with Crippen molar-refractivity contribution in [2.24, 2.45) is 4.99 Å². The Morgan fingerprint density at radius 1 is 1.10 bits per heavy atom. The molecule has 1 aliphatic carbocycles. The molecule has 3 aromatic rings. The first-order valence-corrected chi connectivity index (χ1v) is 14.7. The van der Waals surface area contributed by atoms with E-state index in [1.807, 2.05) is 26.3 Å². The zero-order valence-electron chi connectivity index (χ0n) is 23.5. The van der Waals surface area contributed by atoms with Crippen molar-refractivity contribution in [1.29, 1.82) is 0 Å². The lowest BCUT2D eigenvalue weighted by Crippen LogP contribution is -2.44. The van der Waals surface area contributed by atoms with Gasteiger partial charge < -0.3 is 20.1 Å². The lowest BCUT2D eigenvalue weighted by Gasteiger charge is -2.36. The normalized spacial score (nSPS) is 24.9. The van der Waals surface area contributed by atoms with E-state index in [1.165, 1.54) is 11.9 Å². The lowest BCUT2D eigenvalue weighted by molar-refractivity contribution is -0.126. The molecule has 7 nitrogen and oxygen atoms in total. The number of anilines is 1. The van der Waals surface area contributed by atoms with Gasteiger partial charge in [0.05, 0.1) is 17.9 Å². The van der Waals surface area contributed by atoms with Crippen molar-refractivity contribution in [3.8, 4) is 0 Å². The van der Waals surface area contributed by atoms with Crippen LogP contribution < -0.4 is 10.6 Å². The molecule has 2 unspecified atom stereocenters. The van der Waals surface area contributed by atoms with E-state index in [0.717, 1.165) is 48.2 Å². The Kier molecular flexibility index (Phi) is 9.08. The van der Waals surface area contributed by atoms with E-state index >= 15 is 0 Å². The minimum absolute atomic E-state index is 0.0538. The Hall–Kier alpha value is -2.86. The number of thiophene rings is 1. The van der Waals surface area contributed by atoms with Crippen LogP contribution in [0.15, 0.2) is 47.9 Å². The second-order valence-electron chi connectivity index (χ2n) is 11.0. The molecule has 220 valence electrons. The zero-order chi connectivity index (χ0) is 29.0. The van der Waals surface area contributed by atoms with Gasteiger partial charge in [0.15, 0.2) is 0 Å². The molecule has 2 aliphatic rings. The van der Waals surface area contributed by atoms with E-state index in [-0.39, 0.29) is 28.7 Å². The third-order valence-electron chi connectivity index (χ3n) is 7.67. The molecule has 41 heavy (non-hydrogen) atoms. The number of alkyl halides is 3. The minimum Gasteiger partial charge on any atom is -0.378 e. The molecule has 2 N–H and O–H groups in total. The van der Waals surface area contributed by atoms with Crippen LogP contribution in [0, 0.1) is 0 Å². The number of halogens is 3. The molecule has 1 aromatic carbocycles. The van der Waals surface area contributed by atoms with Crippen LogP contribution >= 0.6 is 11.3 Å². The van der Waals surface area contributed by atoms with Gasteiger partial charge in [0.2, 0.25) is 0 Å². The summed E-state index contributed by atoms with van der Waals surface area (Å²) >= 11 is 1.06. The van der Waals surface area contributed by atoms with E-state index in [1.54, 1.807) is 13.2 Å². The minimum atomic E-state index is -4.26. The van der Waals surface area contributed by atoms with Gasteiger partial charge in [-0.15, -0.1) is 11.3 Å². The third kappa shape index (κ3) is 7.71. The van der Waals surface area contributed by atoms with Crippen molar-refractivity contribution in [2.75, 3.05) is 19.0 Å². The van der Waals surface area contributed by atoms with Gasteiger partial charge in [-0.05, 0) is 55.9 Å². The zero-order valence-corrected chi connectivity index (χ0v) is 24.3. The highest BCUT2D eigenvalue weighted by molar-refractivity contribution is 7.18. The first-order valence-electron chi connectivity index (χ1n) is 13.9. The van der Waals surface area contributed by atoms with Crippen LogP contribution in [0.3, 0.4) is 0 Å². The van der Waals surface area contributed by atoms with E-state index in [9.17, 15) is 13.2 Å². The van der Waals surface area contributed by atoms with Crippen molar-refractivity contribution in [2.45, 2.75) is 82.5 Å². The summed E-state index contributed by atoms with van der Waals surface area (Å²) in [6, 6.07) is 10.3. The highest BCUT2D eigenvalue weighted by Gasteiger charge is 2.31. The van der Waals surface area contributed by atoms with E-state index in [0.29, 0.717) is 29.2 Å². The van der Waals surface area contributed by atoms with E-state index in [4.69, 9.17) is 9.47 Å². The van der Waals surface area contributed by atoms with E-state index < -0.39 is 12.6 Å². The maximum Gasteiger partial charge on any atom is 0.393 e. The Morgan fingerprint density at radius 3 is 2.61 bits per heavy atom. The van der Waals surface area contributed by atoms with Gasteiger partial charge in [0, 0.05) is 56.1 Å². The van der Waals surface area contributed by atoms with Crippen molar-refractivity contribution in [3.63, 3.8) is 0 Å². The van der Waals surface area contributed by atoms with Crippen molar-refractivity contribution in [1.82, 2.24) is 15.3 Å². The second-order valence-corrected chi connectivity index (χ2v) is 12.1. The molecule has 11 heteroatoms. The van der Waals surface area contributed by atoms with Crippen LogP contribution in [-0.4, -0.2) is 59.9 Å². The summed E-state index contributed by atoms with van der Waals surface area (Å²) in [6.07, 6.45) is 3.29. The van der Waals surface area contributed by atoms with Crippen LogP contribution in [0.25, 0.3) is 15.8 Å². The van der Waals surface area contributed by atoms with Crippen molar-refractivity contribution >= 4 is 39.2 Å². The molecule has 0 amide bonds. The molecule has 3 heterocycles. The van der Waals surface area contributed by atoms with Gasteiger partial charge in [-0.3, -0.25) is 4.99 Å². The number of hydrogen-bond donors (Lipinski definition) is 2. The third-order valence-corrected chi connectivity index (χ3v) is 8.71. The first kappa shape index (κ1) is 29.6. The Labute approximate surface area is 242 Å². The molecule has 0 bridgehead atoms. The quantitative estimate of drug-likeness (QED) is 0.280. The fraction of sp³-hybridized carbons (Fsp3) is 0.500. The van der Waals surface area contributed by atoms with Gasteiger partial charge in [-0.25, -0.2) is 9.97 Å². The molecule has 5 rings (SSSR count). The molecule has 1 aliphatic heterocycles. The molecular formula is C30H36F3N5O2S. The number of nitrogens with one attached hydrogen (secondary N) is 2. The molecule has 2 aromatic heterocycles. The van der Waals surface area contributed by atoms with Crippen LogP contribution in [0.2, 0.25) is 0 Å². The maximum atomic E-state index is 13.0. The summed E-state index contributed by atoms with van der Waals surface area (Å²) in [5, 5.41) is 7.82. The number of benzene rings is 1. The standard InChI is InChI=1S/C30H36F3N5O2S/c1-4-40-24-10-22(35-15-19-5-7-20(8-6-19)21-13-29(2,39-3)17-34-16-21)9-23(11-24)38-27-26-12-25(14-30(31,32)33)41-28(26)37-18-36-27/h5-8,12,16-18,22-24,35H,4,9-11,13-15H2,1-3H3,(H,36,37,38)/t22?,23-,24+,29?/m0/s1. The Bertz CT molecular complexity index is 1390. The molecule has 0 spiro atoms. The monoisotopic (exact) mass is 587 g/mol. The van der Waals surface area contributed by atoms with Crippen LogP contribution in [0.1, 0.15) is 55.5 Å². The lowest BCUT2D eigenvalue weighted by atomic mass is 9.88. The van der Waals surface area contributed by atoms with Gasteiger partial charge >= 0.3 is 6.18 Å². The number of methoxy groups -OCH3 is 1. The topological polar surface area (TPSA) is 80.7 Å². The number of nitrogens with zero attached hydrogens (tertiary/aromatic N) is 3. The van der Waals surface area contributed by atoms with Gasteiger partial charge in [0.1, 0.15) is 22.6 Å². The number of ether oxygens (including phenoxy) is 2. The van der Waals surface area contributed by atoms with Gasteiger partial charge in [0.25, 0.3) is 0 Å². The van der Waals surface area contributed by atoms with E-state index in [2.05, 4.69) is 49.9 Å². The predicted octanol–water partition coefficient (Wildman–Crippen LogP) is 6.54. The molecular weight excluding hydrogens is 551 g/mol. The summed E-state index contributed by atoms with van der Waals surface area (Å²) in [7, 11) is 1.70. The molecule has 1 saturated carbocycles. The average Bonchev–Trinajstić information content (AvgIpc) is 3.34. The van der Waals surface area contributed by atoms with Crippen LogP contribution in [0.5, 0.6) is 0 Å². The number of fused-ring (bicyclic) bond motifs is 1. The van der Waals surface area contributed by atoms with Gasteiger partial charge in [-0.1, -0.05) is 24.3 Å². The van der Waals surface area contributed by atoms with Crippen molar-refractivity contribution < 1.29 is 22.6 Å². The summed E-state index contributed by atoms with van der Waals surface area (Å²) in [5.41, 5.74) is 3.07. The summed E-state index contributed by atoms with van der Waals surface area (Å²) in [6.45, 7) is 5.36.